The number of hydrogen-bond donors (Lipinski definition) is 1. The van der Waals surface area contributed by atoms with Gasteiger partial charge in [0.25, 0.3) is 5.91 Å². The van der Waals surface area contributed by atoms with Crippen LogP contribution in [0.3, 0.4) is 0 Å². The number of nitrogens with zero attached hydrogens (tertiary/aromatic N) is 2. The molecule has 1 heterocycles. The van der Waals surface area contributed by atoms with Crippen LogP contribution in [0.25, 0.3) is 22.6 Å². The van der Waals surface area contributed by atoms with Gasteiger partial charge < -0.3 is 9.73 Å². The summed E-state index contributed by atoms with van der Waals surface area (Å²) in [6.07, 6.45) is 0. The van der Waals surface area contributed by atoms with E-state index in [1.54, 1.807) is 36.4 Å². The minimum absolute atomic E-state index is 0.135. The molecule has 3 aromatic carbocycles. The molecule has 8 heteroatoms. The molecule has 1 amide bonds. The Labute approximate surface area is 174 Å². The molecule has 0 aliphatic carbocycles. The predicted molar refractivity (Wildman–Crippen MR) is 109 cm³/mol. The molecule has 29 heavy (non-hydrogen) atoms. The van der Waals surface area contributed by atoms with Crippen molar-refractivity contribution in [2.45, 2.75) is 0 Å². The second-order valence-electron chi connectivity index (χ2n) is 6.09. The molecule has 0 saturated heterocycles. The summed E-state index contributed by atoms with van der Waals surface area (Å²) < 4.78 is 19.8. The number of aromatic nitrogens is 1. The first kappa shape index (κ1) is 18.9. The molecule has 5 nitrogen and oxygen atoms in total. The van der Waals surface area contributed by atoms with Crippen LogP contribution in [0, 0.1) is 17.1 Å². The van der Waals surface area contributed by atoms with E-state index in [-0.39, 0.29) is 17.0 Å². The Kier molecular flexibility index (Phi) is 4.93. The predicted octanol–water partition coefficient (Wildman–Crippen LogP) is 6.06. The van der Waals surface area contributed by atoms with Crippen LogP contribution in [0.1, 0.15) is 15.9 Å². The second kappa shape index (κ2) is 7.55. The summed E-state index contributed by atoms with van der Waals surface area (Å²) in [4.78, 5) is 16.8. The van der Waals surface area contributed by atoms with E-state index in [2.05, 4.69) is 10.3 Å². The van der Waals surface area contributed by atoms with Crippen molar-refractivity contribution < 1.29 is 13.6 Å². The van der Waals surface area contributed by atoms with E-state index in [1.807, 2.05) is 6.07 Å². The number of rotatable bonds is 3. The standard InChI is InChI=1S/C21H10Cl2FN3O2/c22-12-2-5-16(23)15(8-12)21-27-18-9-13(3-6-19(18)29-21)26-20(28)14-4-1-11(10-25)7-17(14)24/h1-9H,(H,26,28). The molecule has 0 fully saturated rings. The van der Waals surface area contributed by atoms with Gasteiger partial charge in [-0.3, -0.25) is 4.79 Å². The van der Waals surface area contributed by atoms with E-state index in [0.29, 0.717) is 32.4 Å². The third-order valence-corrected chi connectivity index (χ3v) is 4.71. The van der Waals surface area contributed by atoms with Gasteiger partial charge in [-0.05, 0) is 54.6 Å². The molecule has 1 N–H and O–H groups in total. The van der Waals surface area contributed by atoms with Crippen LogP contribution in [0.15, 0.2) is 59.0 Å². The van der Waals surface area contributed by atoms with E-state index >= 15 is 0 Å². The fourth-order valence-electron chi connectivity index (χ4n) is 2.75. The first-order valence-electron chi connectivity index (χ1n) is 8.31. The Bertz CT molecular complexity index is 1310. The Balaban J connectivity index is 1.63. The molecule has 0 atom stereocenters. The number of benzene rings is 3. The largest absolute Gasteiger partial charge is 0.436 e. The highest BCUT2D eigenvalue weighted by Gasteiger charge is 2.15. The van der Waals surface area contributed by atoms with Crippen molar-refractivity contribution in [1.82, 2.24) is 4.98 Å². The average molecular weight is 426 g/mol. The maximum atomic E-state index is 14.0. The van der Waals surface area contributed by atoms with Gasteiger partial charge in [-0.25, -0.2) is 9.37 Å². The minimum atomic E-state index is -0.776. The van der Waals surface area contributed by atoms with E-state index in [1.165, 1.54) is 12.1 Å². The quantitative estimate of drug-likeness (QED) is 0.432. The van der Waals surface area contributed by atoms with Gasteiger partial charge >= 0.3 is 0 Å². The van der Waals surface area contributed by atoms with Gasteiger partial charge in [0.2, 0.25) is 5.89 Å². The summed E-state index contributed by atoms with van der Waals surface area (Å²) in [5.41, 5.74) is 1.88. The number of carbonyl (C=O) groups is 1. The zero-order valence-corrected chi connectivity index (χ0v) is 16.1. The van der Waals surface area contributed by atoms with Crippen molar-refractivity contribution in [1.29, 1.82) is 5.26 Å². The molecule has 4 aromatic rings. The monoisotopic (exact) mass is 425 g/mol. The van der Waals surface area contributed by atoms with Crippen molar-refractivity contribution >= 4 is 45.9 Å². The lowest BCUT2D eigenvalue weighted by molar-refractivity contribution is 0.102. The van der Waals surface area contributed by atoms with Crippen LogP contribution in [0.5, 0.6) is 0 Å². The van der Waals surface area contributed by atoms with E-state index in [9.17, 15) is 9.18 Å². The fraction of sp³-hybridized carbons (Fsp3) is 0. The number of nitriles is 1. The van der Waals surface area contributed by atoms with Crippen LogP contribution in [0.4, 0.5) is 10.1 Å². The number of halogens is 3. The molecule has 0 bridgehead atoms. The topological polar surface area (TPSA) is 78.9 Å². The van der Waals surface area contributed by atoms with Gasteiger partial charge in [0.1, 0.15) is 11.3 Å². The molecule has 142 valence electrons. The SMILES string of the molecule is N#Cc1ccc(C(=O)Nc2ccc3oc(-c4cc(Cl)ccc4Cl)nc3c2)c(F)c1. The molecular weight excluding hydrogens is 416 g/mol. The number of amides is 1. The average Bonchev–Trinajstić information content (AvgIpc) is 3.12. The molecule has 0 radical (unpaired) electrons. The van der Waals surface area contributed by atoms with Crippen molar-refractivity contribution in [2.24, 2.45) is 0 Å². The molecule has 0 saturated carbocycles. The number of carbonyl (C=O) groups excluding carboxylic acids is 1. The maximum absolute atomic E-state index is 14.0. The van der Waals surface area contributed by atoms with Gasteiger partial charge in [-0.15, -0.1) is 0 Å². The third-order valence-electron chi connectivity index (χ3n) is 4.15. The molecule has 4 rings (SSSR count). The van der Waals surface area contributed by atoms with Gasteiger partial charge in [0, 0.05) is 10.7 Å². The van der Waals surface area contributed by atoms with Crippen LogP contribution in [0.2, 0.25) is 10.0 Å². The molecule has 0 aliphatic heterocycles. The van der Waals surface area contributed by atoms with Crippen LogP contribution in [-0.2, 0) is 0 Å². The highest BCUT2D eigenvalue weighted by atomic mass is 35.5. The van der Waals surface area contributed by atoms with E-state index in [4.69, 9.17) is 32.9 Å². The summed E-state index contributed by atoms with van der Waals surface area (Å²) in [5.74, 6) is -1.14. The normalized spacial score (nSPS) is 10.7. The summed E-state index contributed by atoms with van der Waals surface area (Å²) >= 11 is 12.2. The van der Waals surface area contributed by atoms with Gasteiger partial charge in [0.15, 0.2) is 5.58 Å². The number of anilines is 1. The van der Waals surface area contributed by atoms with Gasteiger partial charge in [-0.1, -0.05) is 23.2 Å². The smallest absolute Gasteiger partial charge is 0.258 e. The van der Waals surface area contributed by atoms with E-state index in [0.717, 1.165) is 6.07 Å². The summed E-state index contributed by atoms with van der Waals surface area (Å²) in [6, 6.07) is 15.3. The summed E-state index contributed by atoms with van der Waals surface area (Å²) in [7, 11) is 0. The van der Waals surface area contributed by atoms with E-state index < -0.39 is 11.7 Å². The minimum Gasteiger partial charge on any atom is -0.436 e. The lowest BCUT2D eigenvalue weighted by Gasteiger charge is -2.06. The lowest BCUT2D eigenvalue weighted by Crippen LogP contribution is -2.13. The van der Waals surface area contributed by atoms with Crippen molar-refractivity contribution in [2.75, 3.05) is 5.32 Å². The zero-order chi connectivity index (χ0) is 20.5. The van der Waals surface area contributed by atoms with Crippen molar-refractivity contribution in [3.05, 3.63) is 81.6 Å². The molecule has 1 aromatic heterocycles. The second-order valence-corrected chi connectivity index (χ2v) is 6.93. The lowest BCUT2D eigenvalue weighted by atomic mass is 10.1. The Morgan fingerprint density at radius 2 is 1.93 bits per heavy atom. The van der Waals surface area contributed by atoms with Crippen molar-refractivity contribution in [3.63, 3.8) is 0 Å². The first-order chi connectivity index (χ1) is 13.9. The van der Waals surface area contributed by atoms with Crippen LogP contribution < -0.4 is 5.32 Å². The zero-order valence-electron chi connectivity index (χ0n) is 14.5. The molecular formula is C21H10Cl2FN3O2. The van der Waals surface area contributed by atoms with Crippen LogP contribution in [-0.4, -0.2) is 10.9 Å². The number of hydrogen-bond acceptors (Lipinski definition) is 4. The fourth-order valence-corrected chi connectivity index (χ4v) is 3.12. The Morgan fingerprint density at radius 1 is 1.10 bits per heavy atom. The summed E-state index contributed by atoms with van der Waals surface area (Å²) in [5, 5.41) is 12.3. The third kappa shape index (κ3) is 3.79. The molecule has 0 spiro atoms. The van der Waals surface area contributed by atoms with Gasteiger partial charge in [-0.2, -0.15) is 5.26 Å². The van der Waals surface area contributed by atoms with Gasteiger partial charge in [0.05, 0.1) is 27.8 Å². The molecule has 0 aliphatic rings. The van der Waals surface area contributed by atoms with Crippen molar-refractivity contribution in [3.8, 4) is 17.5 Å². The number of nitrogens with one attached hydrogen (secondary N) is 1. The highest BCUT2D eigenvalue weighted by molar-refractivity contribution is 6.35. The van der Waals surface area contributed by atoms with Crippen LogP contribution >= 0.6 is 23.2 Å². The maximum Gasteiger partial charge on any atom is 0.258 e. The first-order valence-corrected chi connectivity index (χ1v) is 9.07. The summed E-state index contributed by atoms with van der Waals surface area (Å²) in [6.45, 7) is 0. The Hall–Kier alpha value is -3.40. The number of fused-ring (bicyclic) bond motifs is 1. The molecule has 0 unspecified atom stereocenters. The number of oxazole rings is 1. The highest BCUT2D eigenvalue weighted by Crippen LogP contribution is 2.32. The Morgan fingerprint density at radius 3 is 2.69 bits per heavy atom.